The van der Waals surface area contributed by atoms with Gasteiger partial charge in [0.1, 0.15) is 17.2 Å². The summed E-state index contributed by atoms with van der Waals surface area (Å²) in [4.78, 5) is 72.7. The summed E-state index contributed by atoms with van der Waals surface area (Å²) in [6.45, 7) is -0.871. The van der Waals surface area contributed by atoms with E-state index in [1.807, 2.05) is 0 Å². The van der Waals surface area contributed by atoms with Gasteiger partial charge in [-0.05, 0) is 43.4 Å². The highest BCUT2D eigenvalue weighted by molar-refractivity contribution is 6.46. The Morgan fingerprint density at radius 3 is 2.24 bits per heavy atom. The topological polar surface area (TPSA) is 119 Å². The van der Waals surface area contributed by atoms with Crippen LogP contribution in [0.2, 0.25) is 0 Å². The number of hydrogen-bond donors (Lipinski definition) is 1. The highest BCUT2D eigenvalue weighted by Crippen LogP contribution is 2.49. The van der Waals surface area contributed by atoms with Gasteiger partial charge in [0.2, 0.25) is 0 Å². The zero-order valence-electron chi connectivity index (χ0n) is 20.9. The second kappa shape index (κ2) is 9.64. The number of benzene rings is 1. The average Bonchev–Trinajstić information content (AvgIpc) is 3.13. The van der Waals surface area contributed by atoms with Gasteiger partial charge in [-0.25, -0.2) is 9.38 Å². The Hall–Kier alpha value is -3.70. The molecule has 1 N–H and O–H groups in total. The molecule has 1 saturated carbocycles. The van der Waals surface area contributed by atoms with Crippen LogP contribution < -0.4 is 5.32 Å². The van der Waals surface area contributed by atoms with Gasteiger partial charge in [0, 0.05) is 39.6 Å². The van der Waals surface area contributed by atoms with Crippen molar-refractivity contribution in [2.75, 3.05) is 34.4 Å². The number of carbonyl (C=O) groups is 5. The first-order valence-corrected chi connectivity index (χ1v) is 12.0. The van der Waals surface area contributed by atoms with Crippen molar-refractivity contribution in [3.05, 3.63) is 35.6 Å². The van der Waals surface area contributed by atoms with E-state index >= 15 is 0 Å². The first-order chi connectivity index (χ1) is 17.4. The molecular weight excluding hydrogens is 488 g/mol. The Bertz CT molecular complexity index is 1170. The summed E-state index contributed by atoms with van der Waals surface area (Å²) in [6, 6.07) is 3.68. The first-order valence-electron chi connectivity index (χ1n) is 12.0. The molecule has 1 aliphatic carbocycles. The molecule has 198 valence electrons. The number of carbonyl (C=O) groups excluding carboxylic acids is 5. The first kappa shape index (κ1) is 26.4. The van der Waals surface area contributed by atoms with Crippen molar-refractivity contribution in [2.24, 2.45) is 10.4 Å². The third-order valence-electron chi connectivity index (χ3n) is 7.71. The summed E-state index contributed by atoms with van der Waals surface area (Å²) in [5, 5.41) is 2.55. The fraction of sp³-hybridized carbons (Fsp3) is 0.520. The van der Waals surface area contributed by atoms with Crippen molar-refractivity contribution in [1.82, 2.24) is 20.0 Å². The van der Waals surface area contributed by atoms with Crippen LogP contribution >= 0.6 is 0 Å². The van der Waals surface area contributed by atoms with Gasteiger partial charge >= 0.3 is 11.8 Å². The van der Waals surface area contributed by atoms with Crippen LogP contribution in [0.4, 0.5) is 8.78 Å². The third-order valence-corrected chi connectivity index (χ3v) is 7.71. The van der Waals surface area contributed by atoms with E-state index in [9.17, 15) is 32.8 Å². The molecule has 5 rings (SSSR count). The smallest absolute Gasteiger partial charge is 0.312 e. The molecule has 1 aromatic rings. The van der Waals surface area contributed by atoms with Crippen LogP contribution in [0, 0.1) is 11.2 Å². The van der Waals surface area contributed by atoms with E-state index in [4.69, 9.17) is 0 Å². The van der Waals surface area contributed by atoms with Gasteiger partial charge in [0.05, 0.1) is 6.67 Å². The number of amidine groups is 1. The minimum absolute atomic E-state index is 0.0225. The number of amides is 4. The molecule has 2 bridgehead atoms. The molecule has 3 heterocycles. The monoisotopic (exact) mass is 517 g/mol. The van der Waals surface area contributed by atoms with Crippen molar-refractivity contribution in [1.29, 1.82) is 0 Å². The molecule has 0 spiro atoms. The predicted octanol–water partition coefficient (Wildman–Crippen LogP) is 0.449. The molecule has 0 radical (unpaired) electrons. The van der Waals surface area contributed by atoms with Crippen LogP contribution in [-0.2, 0) is 30.5 Å². The van der Waals surface area contributed by atoms with Crippen LogP contribution in [0.1, 0.15) is 31.2 Å². The number of nitrogens with zero attached hydrogens (tertiary/aromatic N) is 4. The third kappa shape index (κ3) is 4.49. The Balaban J connectivity index is 1.72. The van der Waals surface area contributed by atoms with Gasteiger partial charge in [-0.2, -0.15) is 0 Å². The van der Waals surface area contributed by atoms with Crippen molar-refractivity contribution >= 4 is 35.2 Å². The molecule has 1 unspecified atom stereocenters. The minimum atomic E-state index is -1.71. The maximum Gasteiger partial charge on any atom is 0.312 e. The van der Waals surface area contributed by atoms with Crippen molar-refractivity contribution in [3.8, 4) is 0 Å². The van der Waals surface area contributed by atoms with Gasteiger partial charge in [0.15, 0.2) is 6.04 Å². The molecule has 0 aromatic heterocycles. The average molecular weight is 518 g/mol. The second-order valence-electron chi connectivity index (χ2n) is 10.2. The molecule has 3 fully saturated rings. The zero-order chi connectivity index (χ0) is 27.1. The van der Waals surface area contributed by atoms with Gasteiger partial charge in [0.25, 0.3) is 17.6 Å². The lowest BCUT2D eigenvalue weighted by atomic mass is 9.68. The van der Waals surface area contributed by atoms with Crippen molar-refractivity contribution in [3.63, 3.8) is 0 Å². The molecule has 1 atom stereocenters. The highest BCUT2D eigenvalue weighted by Gasteiger charge is 2.59. The predicted molar refractivity (Wildman–Crippen MR) is 127 cm³/mol. The van der Waals surface area contributed by atoms with Gasteiger partial charge in [-0.3, -0.25) is 33.3 Å². The van der Waals surface area contributed by atoms with Crippen molar-refractivity contribution in [2.45, 2.75) is 43.8 Å². The van der Waals surface area contributed by atoms with E-state index in [2.05, 4.69) is 10.3 Å². The minimum Gasteiger partial charge on any atom is -0.350 e. The maximum absolute atomic E-state index is 14.2. The van der Waals surface area contributed by atoms with Gasteiger partial charge in [-0.1, -0.05) is 12.1 Å². The number of fused-ring (bicyclic) bond motifs is 2. The number of ketones is 1. The molecule has 2 saturated heterocycles. The molecule has 4 amide bonds. The van der Waals surface area contributed by atoms with Crippen LogP contribution in [0.25, 0.3) is 0 Å². The van der Waals surface area contributed by atoms with E-state index in [0.717, 1.165) is 9.80 Å². The number of hydrogen-bond acceptors (Lipinski definition) is 6. The molecule has 1 aromatic carbocycles. The lowest BCUT2D eigenvalue weighted by molar-refractivity contribution is -0.152. The Morgan fingerprint density at radius 2 is 1.68 bits per heavy atom. The van der Waals surface area contributed by atoms with Gasteiger partial charge < -0.3 is 15.1 Å². The SMILES string of the molecule is CN(C)C(=O)C(=O)N(C)C12CCC(CF)(CC1)CN1C(=O)C(=O)C(C(=O)NCc3ccc(F)cc3)N=C12. The Kier molecular flexibility index (Phi) is 6.87. The lowest BCUT2D eigenvalue weighted by Gasteiger charge is -2.46. The highest BCUT2D eigenvalue weighted by atomic mass is 19.1. The zero-order valence-corrected chi connectivity index (χ0v) is 20.9. The standard InChI is InChI=1S/C25H29F2N5O5/c1-30(2)21(36)22(37)31(3)25-10-8-24(13-26,9-11-25)14-32-20(35)18(33)17(29-23(25)32)19(34)28-12-15-4-6-16(27)7-5-15/h4-7,17H,8-14H2,1-3H3,(H,28,34). The largest absolute Gasteiger partial charge is 0.350 e. The molecule has 10 nitrogen and oxygen atoms in total. The Morgan fingerprint density at radius 1 is 1.05 bits per heavy atom. The van der Waals surface area contributed by atoms with E-state index in [1.165, 1.54) is 50.3 Å². The van der Waals surface area contributed by atoms with Crippen LogP contribution in [0.3, 0.4) is 0 Å². The quantitative estimate of drug-likeness (QED) is 0.449. The molecule has 4 aliphatic rings. The number of halogens is 2. The van der Waals surface area contributed by atoms with E-state index in [0.29, 0.717) is 18.4 Å². The van der Waals surface area contributed by atoms with Gasteiger partial charge in [-0.15, -0.1) is 0 Å². The summed E-state index contributed by atoms with van der Waals surface area (Å²) in [5.74, 6) is -4.95. The van der Waals surface area contributed by atoms with Crippen LogP contribution in [-0.4, -0.2) is 95.9 Å². The van der Waals surface area contributed by atoms with E-state index in [-0.39, 0.29) is 31.8 Å². The molecule has 37 heavy (non-hydrogen) atoms. The summed E-state index contributed by atoms with van der Waals surface area (Å²) >= 11 is 0. The molecule has 12 heteroatoms. The van der Waals surface area contributed by atoms with E-state index in [1.54, 1.807) is 0 Å². The number of aliphatic imine (C=N–C) groups is 1. The summed E-state index contributed by atoms with van der Waals surface area (Å²) < 4.78 is 27.4. The number of alkyl halides is 1. The summed E-state index contributed by atoms with van der Waals surface area (Å²) in [7, 11) is 4.28. The fourth-order valence-electron chi connectivity index (χ4n) is 5.28. The molecule has 3 aliphatic heterocycles. The summed E-state index contributed by atoms with van der Waals surface area (Å²) in [5.41, 5.74) is -1.62. The summed E-state index contributed by atoms with van der Waals surface area (Å²) in [6.07, 6.45) is 1.02. The van der Waals surface area contributed by atoms with Crippen molar-refractivity contribution < 1.29 is 32.8 Å². The fourth-order valence-corrected chi connectivity index (χ4v) is 5.28. The molecular formula is C25H29F2N5O5. The normalized spacial score (nSPS) is 26.7. The van der Waals surface area contributed by atoms with Crippen LogP contribution in [0.15, 0.2) is 29.3 Å². The number of likely N-dealkylation sites (N-methyl/N-ethyl adjacent to an activating group) is 2. The number of nitrogens with one attached hydrogen (secondary N) is 1. The maximum atomic E-state index is 14.2. The Labute approximate surface area is 212 Å². The van der Waals surface area contributed by atoms with E-state index < -0.39 is 58.9 Å². The van der Waals surface area contributed by atoms with Crippen LogP contribution in [0.5, 0.6) is 0 Å². The lowest BCUT2D eigenvalue weighted by Crippen LogP contribution is -2.65. The number of rotatable bonds is 5. The second-order valence-corrected chi connectivity index (χ2v) is 10.2. The number of Topliss-reactive ketones (excluding diaryl/α,β-unsaturated/α-hetero) is 1.